The first-order valence-corrected chi connectivity index (χ1v) is 14.9. The number of hydrogen-bond donors (Lipinski definition) is 1. The van der Waals surface area contributed by atoms with E-state index in [1.54, 1.807) is 42.5 Å². The fraction of sp³-hybridized carbons (Fsp3) is 0.194. The van der Waals surface area contributed by atoms with Crippen LogP contribution in [0.1, 0.15) is 56.8 Å². The van der Waals surface area contributed by atoms with E-state index in [4.69, 9.17) is 16.3 Å². The molecule has 4 aromatic carbocycles. The van der Waals surface area contributed by atoms with Crippen molar-refractivity contribution in [3.8, 4) is 5.75 Å². The Bertz CT molecular complexity index is 1800. The van der Waals surface area contributed by atoms with Crippen molar-refractivity contribution in [3.05, 3.63) is 136 Å². The second kappa shape index (κ2) is 10.5. The summed E-state index contributed by atoms with van der Waals surface area (Å²) < 4.78 is 6.01. The lowest BCUT2D eigenvalue weighted by atomic mass is 9.62. The lowest BCUT2D eigenvalue weighted by molar-refractivity contribution is -0.122. The molecule has 4 aromatic rings. The van der Waals surface area contributed by atoms with Crippen molar-refractivity contribution in [2.24, 2.45) is 5.92 Å². The maximum Gasteiger partial charge on any atom is 0.238 e. The highest BCUT2D eigenvalue weighted by Gasteiger charge is 2.70. The molecular weight excluding hydrogens is 560 g/mol. The minimum atomic E-state index is -1.40. The van der Waals surface area contributed by atoms with Gasteiger partial charge in [0.2, 0.25) is 5.91 Å². The number of rotatable bonds is 7. The molecule has 0 aromatic heterocycles. The molecule has 214 valence electrons. The van der Waals surface area contributed by atoms with E-state index < -0.39 is 23.4 Å². The van der Waals surface area contributed by atoms with Gasteiger partial charge in [-0.25, -0.2) is 0 Å². The number of benzene rings is 4. The molecule has 0 aliphatic carbocycles. The van der Waals surface area contributed by atoms with Gasteiger partial charge in [-0.15, -0.1) is 0 Å². The number of ether oxygens (including phenoxy) is 1. The smallest absolute Gasteiger partial charge is 0.238 e. The molecule has 7 rings (SSSR count). The van der Waals surface area contributed by atoms with Gasteiger partial charge in [-0.05, 0) is 71.7 Å². The first kappa shape index (κ1) is 27.2. The van der Waals surface area contributed by atoms with Crippen molar-refractivity contribution in [1.82, 2.24) is 4.90 Å². The lowest BCUT2D eigenvalue weighted by Gasteiger charge is -2.38. The van der Waals surface area contributed by atoms with E-state index in [2.05, 4.69) is 5.32 Å². The van der Waals surface area contributed by atoms with E-state index in [0.29, 0.717) is 39.8 Å². The predicted octanol–water partition coefficient (Wildman–Crippen LogP) is 7.11. The van der Waals surface area contributed by atoms with Crippen molar-refractivity contribution in [2.75, 3.05) is 11.9 Å². The zero-order valence-electron chi connectivity index (χ0n) is 23.5. The third kappa shape index (κ3) is 4.04. The third-order valence-corrected chi connectivity index (χ3v) is 9.12. The van der Waals surface area contributed by atoms with E-state index in [0.717, 1.165) is 17.5 Å². The van der Waals surface area contributed by atoms with E-state index in [-0.39, 0.29) is 17.5 Å². The molecule has 3 aliphatic rings. The summed E-state index contributed by atoms with van der Waals surface area (Å²) in [6.45, 7) is 2.45. The average molecular weight is 589 g/mol. The molecule has 43 heavy (non-hydrogen) atoms. The Morgan fingerprint density at radius 1 is 0.907 bits per heavy atom. The van der Waals surface area contributed by atoms with Crippen LogP contribution >= 0.6 is 11.6 Å². The third-order valence-electron chi connectivity index (χ3n) is 8.86. The van der Waals surface area contributed by atoms with Gasteiger partial charge in [-0.2, -0.15) is 0 Å². The Kier molecular flexibility index (Phi) is 6.66. The number of hydrogen-bond acceptors (Lipinski definition) is 5. The maximum absolute atomic E-state index is 14.9. The number of anilines is 1. The summed E-state index contributed by atoms with van der Waals surface area (Å²) in [5.74, 6) is -1.48. The molecule has 0 unspecified atom stereocenters. The van der Waals surface area contributed by atoms with Gasteiger partial charge in [-0.1, -0.05) is 73.1 Å². The number of nitrogens with one attached hydrogen (secondary N) is 1. The van der Waals surface area contributed by atoms with Crippen LogP contribution in [0, 0.1) is 5.92 Å². The van der Waals surface area contributed by atoms with Gasteiger partial charge >= 0.3 is 0 Å². The second-order valence-electron chi connectivity index (χ2n) is 11.2. The van der Waals surface area contributed by atoms with Gasteiger partial charge in [-0.3, -0.25) is 14.4 Å². The van der Waals surface area contributed by atoms with Gasteiger partial charge in [0.1, 0.15) is 17.2 Å². The van der Waals surface area contributed by atoms with Crippen LogP contribution in [0.15, 0.2) is 103 Å². The number of nitrogens with zero attached hydrogens (tertiary/aromatic N) is 1. The molecule has 0 bridgehead atoms. The number of ketones is 2. The number of carbonyl (C=O) groups is 3. The molecule has 3 heterocycles. The van der Waals surface area contributed by atoms with Gasteiger partial charge in [0, 0.05) is 22.5 Å². The van der Waals surface area contributed by atoms with Crippen LogP contribution in [0.3, 0.4) is 0 Å². The van der Waals surface area contributed by atoms with Crippen molar-refractivity contribution in [2.45, 2.75) is 30.8 Å². The predicted molar refractivity (Wildman–Crippen MR) is 166 cm³/mol. The number of carbonyl (C=O) groups excluding carboxylic acids is 3. The number of halogens is 1. The fourth-order valence-electron chi connectivity index (χ4n) is 7.13. The summed E-state index contributed by atoms with van der Waals surface area (Å²) in [5, 5.41) is 3.57. The first-order chi connectivity index (χ1) is 21.0. The van der Waals surface area contributed by atoms with E-state index in [1.165, 1.54) is 0 Å². The monoisotopic (exact) mass is 588 g/mol. The molecule has 1 saturated heterocycles. The van der Waals surface area contributed by atoms with Crippen LogP contribution in [0.4, 0.5) is 5.69 Å². The van der Waals surface area contributed by atoms with Gasteiger partial charge < -0.3 is 15.0 Å². The van der Waals surface area contributed by atoms with Crippen molar-refractivity contribution in [1.29, 1.82) is 0 Å². The Balaban J connectivity index is 1.51. The van der Waals surface area contributed by atoms with E-state index in [9.17, 15) is 14.4 Å². The number of amides is 1. The van der Waals surface area contributed by atoms with Crippen molar-refractivity contribution >= 4 is 40.8 Å². The quantitative estimate of drug-likeness (QED) is 0.233. The van der Waals surface area contributed by atoms with Crippen LogP contribution < -0.4 is 10.1 Å². The molecule has 1 fully saturated rings. The first-order valence-electron chi connectivity index (χ1n) is 14.5. The zero-order chi connectivity index (χ0) is 29.7. The largest absolute Gasteiger partial charge is 0.493 e. The van der Waals surface area contributed by atoms with Gasteiger partial charge in [0.25, 0.3) is 0 Å². The number of fused-ring (bicyclic) bond motifs is 6. The molecule has 4 atom stereocenters. The molecule has 0 radical (unpaired) electrons. The molecule has 1 N–H and O–H groups in total. The zero-order valence-corrected chi connectivity index (χ0v) is 24.3. The molecular formula is C36H29ClN2O4. The van der Waals surface area contributed by atoms with E-state index >= 15 is 0 Å². The standard InChI is InChI=1S/C36H29ClN2O4/c1-2-21-43-29-14-8-5-11-26(29)33(41)31-30(32(40)23-15-17-24(37)18-16-23)36(27-12-6-7-13-28(27)38-35(36)42)34-25-10-4-3-9-22(25)19-20-39(31)34/h3-20,30-31,34H,2,21H2,1H3,(H,38,42)/t30-,31-,34-,36+/m1/s1. The summed E-state index contributed by atoms with van der Waals surface area (Å²) in [5.41, 5.74) is 2.55. The van der Waals surface area contributed by atoms with Crippen molar-refractivity contribution in [3.63, 3.8) is 0 Å². The maximum atomic E-state index is 14.9. The molecule has 1 amide bonds. The summed E-state index contributed by atoms with van der Waals surface area (Å²) in [7, 11) is 0. The summed E-state index contributed by atoms with van der Waals surface area (Å²) >= 11 is 6.20. The van der Waals surface area contributed by atoms with Crippen LogP contribution in [0.5, 0.6) is 5.75 Å². The molecule has 1 spiro atoms. The molecule has 0 saturated carbocycles. The van der Waals surface area contributed by atoms with Crippen LogP contribution in [0.25, 0.3) is 6.08 Å². The Hall–Kier alpha value is -4.68. The lowest BCUT2D eigenvalue weighted by Crippen LogP contribution is -2.49. The Morgan fingerprint density at radius 2 is 1.63 bits per heavy atom. The topological polar surface area (TPSA) is 75.7 Å². The van der Waals surface area contributed by atoms with Crippen LogP contribution in [-0.2, 0) is 10.2 Å². The SMILES string of the molecule is CCCOc1ccccc1C(=O)[C@H]1[C@H](C(=O)c2ccc(Cl)cc2)[C@]2(C(=O)Nc3ccccc32)[C@H]2c3ccccc3C=CN12. The normalized spacial score (nSPS) is 23.0. The Morgan fingerprint density at radius 3 is 2.44 bits per heavy atom. The van der Waals surface area contributed by atoms with Crippen LogP contribution in [0.2, 0.25) is 5.02 Å². The Labute approximate surface area is 254 Å². The summed E-state index contributed by atoms with van der Waals surface area (Å²) in [6.07, 6.45) is 4.60. The summed E-state index contributed by atoms with van der Waals surface area (Å²) in [6, 6.07) is 27.5. The van der Waals surface area contributed by atoms with Crippen molar-refractivity contribution < 1.29 is 19.1 Å². The van der Waals surface area contributed by atoms with Crippen LogP contribution in [-0.4, -0.2) is 35.0 Å². The average Bonchev–Trinajstić information content (AvgIpc) is 3.52. The molecule has 3 aliphatic heterocycles. The van der Waals surface area contributed by atoms with Gasteiger partial charge in [0.05, 0.1) is 24.1 Å². The molecule has 6 nitrogen and oxygen atoms in total. The fourth-order valence-corrected chi connectivity index (χ4v) is 7.25. The minimum Gasteiger partial charge on any atom is -0.493 e. The highest BCUT2D eigenvalue weighted by molar-refractivity contribution is 6.30. The van der Waals surface area contributed by atoms with E-state index in [1.807, 2.05) is 78.7 Å². The second-order valence-corrected chi connectivity index (χ2v) is 11.6. The summed E-state index contributed by atoms with van der Waals surface area (Å²) in [4.78, 5) is 46.3. The molecule has 7 heteroatoms. The number of Topliss-reactive ketones (excluding diaryl/α,β-unsaturated/α-hetero) is 2. The highest BCUT2D eigenvalue weighted by atomic mass is 35.5. The van der Waals surface area contributed by atoms with Gasteiger partial charge in [0.15, 0.2) is 11.6 Å². The number of para-hydroxylation sites is 2. The highest BCUT2D eigenvalue weighted by Crippen LogP contribution is 2.62. The minimum absolute atomic E-state index is 0.276.